The number of carbonyl (C=O) groups is 1. The van der Waals surface area contributed by atoms with Crippen LogP contribution in [0.1, 0.15) is 44.3 Å². The molecular weight excluding hydrogens is 240 g/mol. The number of fused-ring (bicyclic) bond motifs is 1. The number of likely N-dealkylation sites (tertiary alicyclic amines) is 1. The van der Waals surface area contributed by atoms with Crippen LogP contribution in [0.25, 0.3) is 0 Å². The zero-order valence-electron chi connectivity index (χ0n) is 11.6. The number of aryl methyl sites for hydroxylation is 1. The summed E-state index contributed by atoms with van der Waals surface area (Å²) in [5.74, 6) is 2.89. The minimum absolute atomic E-state index is 0.281. The Balaban J connectivity index is 1.60. The zero-order valence-corrected chi connectivity index (χ0v) is 11.6. The summed E-state index contributed by atoms with van der Waals surface area (Å²) < 4.78 is 2.29. The van der Waals surface area contributed by atoms with Crippen molar-refractivity contribution in [3.8, 4) is 0 Å². The smallest absolute Gasteiger partial charge is 0.147 e. The molecule has 0 amide bonds. The number of hydrogen-bond donors (Lipinski definition) is 0. The highest BCUT2D eigenvalue weighted by Crippen LogP contribution is 2.21. The number of rotatable bonds is 3. The van der Waals surface area contributed by atoms with Crippen LogP contribution in [-0.4, -0.2) is 38.5 Å². The van der Waals surface area contributed by atoms with Crippen LogP contribution >= 0.6 is 0 Å². The second-order valence-electron chi connectivity index (χ2n) is 5.80. The van der Waals surface area contributed by atoms with Crippen molar-refractivity contribution in [3.63, 3.8) is 0 Å². The summed E-state index contributed by atoms with van der Waals surface area (Å²) in [6.07, 6.45) is 5.54. The number of nitrogens with zero attached hydrogens (tertiary/aromatic N) is 4. The molecule has 0 unspecified atom stereocenters. The third-order valence-electron chi connectivity index (χ3n) is 4.46. The lowest BCUT2D eigenvalue weighted by Crippen LogP contribution is -2.36. The standard InChI is InChI=1S/C14H22N4O/c1-11(19)12-5-8-17(9-6-12)10-14-16-15-13-4-2-3-7-18(13)14/h12H,2-10H2,1H3. The van der Waals surface area contributed by atoms with Crippen molar-refractivity contribution >= 4 is 5.78 Å². The molecule has 3 heterocycles. The molecular formula is C14H22N4O. The highest BCUT2D eigenvalue weighted by Gasteiger charge is 2.24. The average Bonchev–Trinajstić information content (AvgIpc) is 2.83. The van der Waals surface area contributed by atoms with Crippen molar-refractivity contribution in [2.45, 2.75) is 52.1 Å². The number of Topliss-reactive ketones (excluding diaryl/α,β-unsaturated/α-hetero) is 1. The number of carbonyl (C=O) groups excluding carboxylic acids is 1. The van der Waals surface area contributed by atoms with Crippen molar-refractivity contribution in [3.05, 3.63) is 11.6 Å². The second-order valence-corrected chi connectivity index (χ2v) is 5.80. The molecule has 0 bridgehead atoms. The van der Waals surface area contributed by atoms with Gasteiger partial charge in [-0.1, -0.05) is 0 Å². The molecule has 1 aromatic rings. The maximum Gasteiger partial charge on any atom is 0.147 e. The molecule has 19 heavy (non-hydrogen) atoms. The van der Waals surface area contributed by atoms with E-state index >= 15 is 0 Å². The molecule has 104 valence electrons. The van der Waals surface area contributed by atoms with Gasteiger partial charge in [0.05, 0.1) is 6.54 Å². The summed E-state index contributed by atoms with van der Waals surface area (Å²) in [6.45, 7) is 5.69. The second kappa shape index (κ2) is 5.41. The molecule has 0 saturated carbocycles. The lowest BCUT2D eigenvalue weighted by molar-refractivity contribution is -0.122. The Kier molecular flexibility index (Phi) is 3.64. The lowest BCUT2D eigenvalue weighted by Gasteiger charge is -2.30. The van der Waals surface area contributed by atoms with Gasteiger partial charge in [-0.3, -0.25) is 9.69 Å². The maximum atomic E-state index is 11.4. The van der Waals surface area contributed by atoms with Gasteiger partial charge < -0.3 is 4.57 Å². The summed E-state index contributed by atoms with van der Waals surface area (Å²) in [6, 6.07) is 0. The molecule has 0 radical (unpaired) electrons. The molecule has 2 aliphatic heterocycles. The summed E-state index contributed by atoms with van der Waals surface area (Å²) in [4.78, 5) is 13.8. The van der Waals surface area contributed by atoms with Crippen molar-refractivity contribution in [2.24, 2.45) is 5.92 Å². The third-order valence-corrected chi connectivity index (χ3v) is 4.46. The van der Waals surface area contributed by atoms with Gasteiger partial charge in [0.1, 0.15) is 17.4 Å². The van der Waals surface area contributed by atoms with E-state index in [9.17, 15) is 4.79 Å². The molecule has 0 aliphatic carbocycles. The van der Waals surface area contributed by atoms with E-state index in [1.165, 1.54) is 12.8 Å². The Morgan fingerprint density at radius 1 is 1.21 bits per heavy atom. The first kappa shape index (κ1) is 12.8. The Morgan fingerprint density at radius 3 is 2.74 bits per heavy atom. The van der Waals surface area contributed by atoms with Gasteiger partial charge in [-0.2, -0.15) is 0 Å². The highest BCUT2D eigenvalue weighted by atomic mass is 16.1. The van der Waals surface area contributed by atoms with Crippen LogP contribution in [0.2, 0.25) is 0 Å². The first-order chi connectivity index (χ1) is 9.24. The fourth-order valence-electron chi connectivity index (χ4n) is 3.18. The number of ketones is 1. The van der Waals surface area contributed by atoms with Gasteiger partial charge >= 0.3 is 0 Å². The SMILES string of the molecule is CC(=O)C1CCN(Cc2nnc3n2CCCC3)CC1. The number of hydrogen-bond acceptors (Lipinski definition) is 4. The molecule has 1 fully saturated rings. The van der Waals surface area contributed by atoms with E-state index in [-0.39, 0.29) is 5.92 Å². The molecule has 5 heteroatoms. The molecule has 2 aliphatic rings. The normalized spacial score (nSPS) is 21.3. The van der Waals surface area contributed by atoms with Gasteiger partial charge in [-0.25, -0.2) is 0 Å². The van der Waals surface area contributed by atoms with Gasteiger partial charge in [0.2, 0.25) is 0 Å². The molecule has 0 N–H and O–H groups in total. The quantitative estimate of drug-likeness (QED) is 0.826. The average molecular weight is 262 g/mol. The summed E-state index contributed by atoms with van der Waals surface area (Å²) in [7, 11) is 0. The van der Waals surface area contributed by atoms with E-state index in [0.717, 1.165) is 57.1 Å². The zero-order chi connectivity index (χ0) is 13.2. The van der Waals surface area contributed by atoms with Crippen LogP contribution in [-0.2, 0) is 24.3 Å². The Morgan fingerprint density at radius 2 is 2.00 bits per heavy atom. The molecule has 0 spiro atoms. The summed E-state index contributed by atoms with van der Waals surface area (Å²) in [5.41, 5.74) is 0. The van der Waals surface area contributed by atoms with E-state index in [0.29, 0.717) is 5.78 Å². The Bertz CT molecular complexity index is 460. The van der Waals surface area contributed by atoms with Gasteiger partial charge in [-0.15, -0.1) is 10.2 Å². The van der Waals surface area contributed by atoms with Gasteiger partial charge in [-0.05, 0) is 45.7 Å². The van der Waals surface area contributed by atoms with Crippen LogP contribution in [0.15, 0.2) is 0 Å². The van der Waals surface area contributed by atoms with Crippen LogP contribution in [0.4, 0.5) is 0 Å². The molecule has 3 rings (SSSR count). The molecule has 0 aromatic carbocycles. The van der Waals surface area contributed by atoms with Crippen molar-refractivity contribution in [2.75, 3.05) is 13.1 Å². The Hall–Kier alpha value is -1.23. The first-order valence-corrected chi connectivity index (χ1v) is 7.38. The minimum atomic E-state index is 0.281. The van der Waals surface area contributed by atoms with E-state index < -0.39 is 0 Å². The van der Waals surface area contributed by atoms with Crippen molar-refractivity contribution < 1.29 is 4.79 Å². The number of piperidine rings is 1. The van der Waals surface area contributed by atoms with Crippen LogP contribution < -0.4 is 0 Å². The van der Waals surface area contributed by atoms with Crippen LogP contribution in [0, 0.1) is 5.92 Å². The van der Waals surface area contributed by atoms with E-state index in [2.05, 4.69) is 19.7 Å². The predicted molar refractivity (Wildman–Crippen MR) is 71.6 cm³/mol. The van der Waals surface area contributed by atoms with Gasteiger partial charge in [0, 0.05) is 18.9 Å². The largest absolute Gasteiger partial charge is 0.314 e. The van der Waals surface area contributed by atoms with E-state index in [1.54, 1.807) is 6.92 Å². The summed E-state index contributed by atoms with van der Waals surface area (Å²) >= 11 is 0. The minimum Gasteiger partial charge on any atom is -0.314 e. The van der Waals surface area contributed by atoms with Gasteiger partial charge in [0.15, 0.2) is 0 Å². The first-order valence-electron chi connectivity index (χ1n) is 7.38. The fraction of sp³-hybridized carbons (Fsp3) is 0.786. The third kappa shape index (κ3) is 2.71. The van der Waals surface area contributed by atoms with Gasteiger partial charge in [0.25, 0.3) is 0 Å². The molecule has 0 atom stereocenters. The molecule has 1 saturated heterocycles. The van der Waals surface area contributed by atoms with Crippen molar-refractivity contribution in [1.29, 1.82) is 0 Å². The lowest BCUT2D eigenvalue weighted by atomic mass is 9.93. The maximum absolute atomic E-state index is 11.4. The Labute approximate surface area is 114 Å². The predicted octanol–water partition coefficient (Wildman–Crippen LogP) is 1.42. The fourth-order valence-corrected chi connectivity index (χ4v) is 3.18. The van der Waals surface area contributed by atoms with Crippen molar-refractivity contribution in [1.82, 2.24) is 19.7 Å². The highest BCUT2D eigenvalue weighted by molar-refractivity contribution is 5.78. The monoisotopic (exact) mass is 262 g/mol. The molecule has 5 nitrogen and oxygen atoms in total. The topological polar surface area (TPSA) is 51.0 Å². The van der Waals surface area contributed by atoms with Crippen LogP contribution in [0.5, 0.6) is 0 Å². The van der Waals surface area contributed by atoms with E-state index in [4.69, 9.17) is 0 Å². The van der Waals surface area contributed by atoms with E-state index in [1.807, 2.05) is 0 Å². The number of aromatic nitrogens is 3. The van der Waals surface area contributed by atoms with Crippen LogP contribution in [0.3, 0.4) is 0 Å². The molecule has 1 aromatic heterocycles. The summed E-state index contributed by atoms with van der Waals surface area (Å²) in [5, 5.41) is 8.65.